The molecule has 0 aromatic heterocycles. The molecule has 0 unspecified atom stereocenters. The molecule has 1 saturated carbocycles. The summed E-state index contributed by atoms with van der Waals surface area (Å²) in [6, 6.07) is 10.4. The number of benzene rings is 2. The van der Waals surface area contributed by atoms with Crippen LogP contribution in [0.5, 0.6) is 23.0 Å². The van der Waals surface area contributed by atoms with Gasteiger partial charge in [0.15, 0.2) is 40.2 Å². The Hall–Kier alpha value is -4.11. The van der Waals surface area contributed by atoms with Crippen molar-refractivity contribution in [2.45, 2.75) is 24.5 Å². The number of methoxy groups -OCH3 is 4. The van der Waals surface area contributed by atoms with Gasteiger partial charge in [-0.05, 0) is 54.0 Å². The molecule has 4 atom stereocenters. The summed E-state index contributed by atoms with van der Waals surface area (Å²) in [6.45, 7) is 0. The molecule has 0 radical (unpaired) electrons. The molecular weight excluding hydrogens is 492 g/mol. The first-order chi connectivity index (χ1) is 18.2. The minimum Gasteiger partial charge on any atom is -0.493 e. The number of ketones is 2. The first-order valence-electron chi connectivity index (χ1n) is 12.0. The number of aliphatic hydroxyl groups is 1. The van der Waals surface area contributed by atoms with E-state index in [9.17, 15) is 19.5 Å². The average Bonchev–Trinajstić information content (AvgIpc) is 3.16. The van der Waals surface area contributed by atoms with Crippen LogP contribution in [-0.4, -0.2) is 62.8 Å². The maximum atomic E-state index is 13.4. The van der Waals surface area contributed by atoms with Crippen LogP contribution < -0.4 is 18.9 Å². The van der Waals surface area contributed by atoms with Gasteiger partial charge in [0.25, 0.3) is 0 Å². The Balaban J connectivity index is 1.58. The molecule has 1 aliphatic carbocycles. The van der Waals surface area contributed by atoms with Crippen molar-refractivity contribution in [3.63, 3.8) is 0 Å². The van der Waals surface area contributed by atoms with Crippen LogP contribution in [0, 0.1) is 11.8 Å². The summed E-state index contributed by atoms with van der Waals surface area (Å²) in [5, 5.41) is 10.8. The minimum atomic E-state index is -1.79. The molecule has 1 heterocycles. The van der Waals surface area contributed by atoms with Gasteiger partial charge < -0.3 is 28.8 Å². The molecule has 9 nitrogen and oxygen atoms in total. The van der Waals surface area contributed by atoms with Crippen LogP contribution >= 0.6 is 0 Å². The maximum Gasteiger partial charge on any atom is 0.338 e. The van der Waals surface area contributed by atoms with Crippen molar-refractivity contribution in [1.29, 1.82) is 0 Å². The lowest BCUT2D eigenvalue weighted by atomic mass is 9.68. The highest BCUT2D eigenvalue weighted by atomic mass is 16.6. The van der Waals surface area contributed by atoms with E-state index in [-0.39, 0.29) is 24.4 Å². The van der Waals surface area contributed by atoms with Crippen LogP contribution in [0.1, 0.15) is 24.0 Å². The van der Waals surface area contributed by atoms with Crippen molar-refractivity contribution in [3.05, 3.63) is 59.7 Å². The van der Waals surface area contributed by atoms with Gasteiger partial charge in [0.1, 0.15) is 6.10 Å². The van der Waals surface area contributed by atoms with E-state index in [1.54, 1.807) is 48.6 Å². The number of carbonyl (C=O) groups is 3. The third-order valence-electron chi connectivity index (χ3n) is 6.96. The molecule has 38 heavy (non-hydrogen) atoms. The van der Waals surface area contributed by atoms with E-state index in [0.717, 1.165) is 0 Å². The van der Waals surface area contributed by atoms with Gasteiger partial charge >= 0.3 is 5.97 Å². The van der Waals surface area contributed by atoms with Gasteiger partial charge in [-0.1, -0.05) is 24.3 Å². The maximum absolute atomic E-state index is 13.4. The predicted molar refractivity (Wildman–Crippen MR) is 138 cm³/mol. The normalized spacial score (nSPS) is 24.3. The number of fused-ring (bicyclic) bond motifs is 2. The minimum absolute atomic E-state index is 0.0321. The highest BCUT2D eigenvalue weighted by Gasteiger charge is 2.60. The molecule has 1 saturated heterocycles. The Morgan fingerprint density at radius 2 is 1.32 bits per heavy atom. The average molecular weight is 523 g/mol. The van der Waals surface area contributed by atoms with Crippen LogP contribution in [0.2, 0.25) is 0 Å². The van der Waals surface area contributed by atoms with Gasteiger partial charge in [0.2, 0.25) is 0 Å². The Kier molecular flexibility index (Phi) is 7.87. The number of ether oxygens (including phenoxy) is 5. The van der Waals surface area contributed by atoms with E-state index in [1.165, 1.54) is 40.6 Å². The summed E-state index contributed by atoms with van der Waals surface area (Å²) < 4.78 is 26.4. The Labute approximate surface area is 220 Å². The number of carbonyl (C=O) groups excluding carboxylic acids is 3. The molecule has 2 aliphatic rings. The molecule has 2 bridgehead atoms. The van der Waals surface area contributed by atoms with Crippen molar-refractivity contribution in [2.24, 2.45) is 11.8 Å². The molecule has 0 spiro atoms. The molecule has 9 heteroatoms. The Morgan fingerprint density at radius 3 is 1.82 bits per heavy atom. The highest BCUT2D eigenvalue weighted by molar-refractivity contribution is 6.04. The molecule has 2 aromatic rings. The number of hydrogen-bond acceptors (Lipinski definition) is 9. The Bertz CT molecular complexity index is 1290. The van der Waals surface area contributed by atoms with Crippen molar-refractivity contribution in [2.75, 3.05) is 28.4 Å². The smallest absolute Gasteiger partial charge is 0.338 e. The summed E-state index contributed by atoms with van der Waals surface area (Å²) in [7, 11) is 6.08. The SMILES string of the molecule is COc1ccc(/C=C/C(=O)[C@H]2[C@H]3C[C@@](O)(C[C@H]2C(=O)/C=C/c2ccc(OC)c(OC)c2)C(=O)O3)cc1OC. The number of esters is 1. The Morgan fingerprint density at radius 1 is 0.816 bits per heavy atom. The molecule has 2 aromatic carbocycles. The molecule has 1 N–H and O–H groups in total. The van der Waals surface area contributed by atoms with Crippen LogP contribution in [0.3, 0.4) is 0 Å². The number of allylic oxidation sites excluding steroid dienone is 2. The second-order valence-electron chi connectivity index (χ2n) is 9.22. The van der Waals surface area contributed by atoms with Crippen molar-refractivity contribution in [1.82, 2.24) is 0 Å². The van der Waals surface area contributed by atoms with Gasteiger partial charge in [-0.15, -0.1) is 0 Å². The van der Waals surface area contributed by atoms with E-state index in [0.29, 0.717) is 34.1 Å². The van der Waals surface area contributed by atoms with Gasteiger partial charge in [-0.2, -0.15) is 0 Å². The summed E-state index contributed by atoms with van der Waals surface area (Å²) in [6.07, 6.45) is 4.78. The zero-order valence-corrected chi connectivity index (χ0v) is 21.6. The number of rotatable bonds is 10. The molecule has 200 valence electrons. The molecule has 2 fully saturated rings. The fourth-order valence-corrected chi connectivity index (χ4v) is 4.99. The van der Waals surface area contributed by atoms with Crippen molar-refractivity contribution in [3.8, 4) is 23.0 Å². The van der Waals surface area contributed by atoms with E-state index in [2.05, 4.69) is 0 Å². The summed E-state index contributed by atoms with van der Waals surface area (Å²) in [4.78, 5) is 39.1. The lowest BCUT2D eigenvalue weighted by molar-refractivity contribution is -0.154. The lowest BCUT2D eigenvalue weighted by Gasteiger charge is -2.34. The zero-order chi connectivity index (χ0) is 27.4. The molecule has 0 amide bonds. The van der Waals surface area contributed by atoms with E-state index < -0.39 is 29.5 Å². The summed E-state index contributed by atoms with van der Waals surface area (Å²) >= 11 is 0. The topological polar surface area (TPSA) is 118 Å². The van der Waals surface area contributed by atoms with Crippen LogP contribution in [-0.2, 0) is 19.1 Å². The fraction of sp³-hybridized carbons (Fsp3) is 0.345. The quantitative estimate of drug-likeness (QED) is 0.371. The molecule has 1 aliphatic heterocycles. The lowest BCUT2D eigenvalue weighted by Crippen LogP contribution is -2.47. The van der Waals surface area contributed by atoms with Crippen molar-refractivity contribution >= 4 is 29.7 Å². The van der Waals surface area contributed by atoms with Gasteiger partial charge in [0.05, 0.1) is 34.4 Å². The van der Waals surface area contributed by atoms with Crippen molar-refractivity contribution < 1.29 is 43.2 Å². The van der Waals surface area contributed by atoms with Crippen LogP contribution in [0.15, 0.2) is 48.6 Å². The largest absolute Gasteiger partial charge is 0.493 e. The van der Waals surface area contributed by atoms with Gasteiger partial charge in [-0.25, -0.2) is 4.79 Å². The third-order valence-corrected chi connectivity index (χ3v) is 6.96. The second kappa shape index (κ2) is 11.1. The fourth-order valence-electron chi connectivity index (χ4n) is 4.99. The van der Waals surface area contributed by atoms with Gasteiger partial charge in [0, 0.05) is 12.3 Å². The predicted octanol–water partition coefficient (Wildman–Crippen LogP) is 3.27. The zero-order valence-electron chi connectivity index (χ0n) is 21.6. The van der Waals surface area contributed by atoms with E-state index in [1.807, 2.05) is 0 Å². The summed E-state index contributed by atoms with van der Waals surface area (Å²) in [5.74, 6) is -1.34. The summed E-state index contributed by atoms with van der Waals surface area (Å²) in [5.41, 5.74) is -0.425. The monoisotopic (exact) mass is 522 g/mol. The third kappa shape index (κ3) is 5.28. The first-order valence-corrected chi connectivity index (χ1v) is 12.0. The van der Waals surface area contributed by atoms with Gasteiger partial charge in [-0.3, -0.25) is 9.59 Å². The van der Waals surface area contributed by atoms with Crippen LogP contribution in [0.25, 0.3) is 12.2 Å². The standard InChI is InChI=1S/C29H30O9/c1-34-22-11-7-17(13-24(22)36-3)5-9-20(30)19-15-29(33)16-26(38-28(29)32)27(19)21(31)10-6-18-8-12-23(35-2)25(14-18)37-4/h5-14,19,26-27,33H,15-16H2,1-4H3/b9-5+,10-6+/t19-,26+,27-,29-/m0/s1. The first kappa shape index (κ1) is 26.9. The van der Waals surface area contributed by atoms with E-state index >= 15 is 0 Å². The number of hydrogen-bond donors (Lipinski definition) is 1. The van der Waals surface area contributed by atoms with Crippen LogP contribution in [0.4, 0.5) is 0 Å². The molecule has 4 rings (SSSR count). The van der Waals surface area contributed by atoms with E-state index in [4.69, 9.17) is 23.7 Å². The highest BCUT2D eigenvalue weighted by Crippen LogP contribution is 2.45. The molecular formula is C29H30O9. The second-order valence-corrected chi connectivity index (χ2v) is 9.22.